The van der Waals surface area contributed by atoms with Crippen LogP contribution in [-0.2, 0) is 17.6 Å². The molecule has 3 rings (SSSR count). The zero-order chi connectivity index (χ0) is 21.3. The van der Waals surface area contributed by atoms with Crippen LogP contribution < -0.4 is 16.8 Å². The maximum absolute atomic E-state index is 12.6. The lowest BCUT2D eigenvalue weighted by atomic mass is 10.0. The Bertz CT molecular complexity index is 771. The lowest BCUT2D eigenvalue weighted by Gasteiger charge is -2.25. The van der Waals surface area contributed by atoms with Gasteiger partial charge in [-0.05, 0) is 36.8 Å². The van der Waals surface area contributed by atoms with Gasteiger partial charge in [-0.3, -0.25) is 9.69 Å². The predicted molar refractivity (Wildman–Crippen MR) is 120 cm³/mol. The summed E-state index contributed by atoms with van der Waals surface area (Å²) in [6.45, 7) is 1.73. The molecule has 6 nitrogen and oxygen atoms in total. The van der Waals surface area contributed by atoms with Crippen LogP contribution in [0.1, 0.15) is 24.0 Å². The van der Waals surface area contributed by atoms with Crippen molar-refractivity contribution in [3.8, 4) is 0 Å². The van der Waals surface area contributed by atoms with E-state index in [4.69, 9.17) is 11.5 Å². The van der Waals surface area contributed by atoms with Crippen LogP contribution in [0, 0.1) is 0 Å². The second kappa shape index (κ2) is 11.2. The minimum atomic E-state index is -0.528. The fourth-order valence-corrected chi connectivity index (χ4v) is 4.19. The van der Waals surface area contributed by atoms with Crippen LogP contribution in [0.2, 0.25) is 0 Å². The lowest BCUT2D eigenvalue weighted by molar-refractivity contribution is -0.123. The van der Waals surface area contributed by atoms with Gasteiger partial charge in [-0.1, -0.05) is 60.7 Å². The minimum Gasteiger partial charge on any atom is -0.391 e. The highest BCUT2D eigenvalue weighted by molar-refractivity contribution is 5.81. The molecule has 6 N–H and O–H groups in total. The van der Waals surface area contributed by atoms with Crippen molar-refractivity contribution in [2.75, 3.05) is 19.6 Å². The number of nitrogens with one attached hydrogen (secondary N) is 1. The molecule has 2 aromatic carbocycles. The van der Waals surface area contributed by atoms with Crippen molar-refractivity contribution < 1.29 is 9.90 Å². The van der Waals surface area contributed by atoms with E-state index in [9.17, 15) is 9.90 Å². The highest BCUT2D eigenvalue weighted by Crippen LogP contribution is 2.19. The number of aryl methyl sites for hydroxylation is 1. The molecule has 0 saturated carbocycles. The van der Waals surface area contributed by atoms with E-state index < -0.39 is 12.1 Å². The van der Waals surface area contributed by atoms with Crippen molar-refractivity contribution >= 4 is 5.91 Å². The van der Waals surface area contributed by atoms with Crippen LogP contribution in [0.4, 0.5) is 0 Å². The molecule has 0 spiro atoms. The first-order chi connectivity index (χ1) is 14.5. The number of benzene rings is 2. The van der Waals surface area contributed by atoms with Crippen molar-refractivity contribution in [2.24, 2.45) is 11.5 Å². The molecule has 1 fully saturated rings. The molecule has 1 amide bonds. The van der Waals surface area contributed by atoms with E-state index in [-0.39, 0.29) is 18.0 Å². The number of likely N-dealkylation sites (tertiary alicyclic amines) is 1. The molecule has 162 valence electrons. The lowest BCUT2D eigenvalue weighted by Crippen LogP contribution is -2.46. The molecular weight excluding hydrogens is 376 g/mol. The Kier molecular flexibility index (Phi) is 8.39. The number of aliphatic hydroxyl groups is 1. The van der Waals surface area contributed by atoms with Crippen molar-refractivity contribution in [1.82, 2.24) is 10.2 Å². The van der Waals surface area contributed by atoms with Gasteiger partial charge in [0.2, 0.25) is 5.91 Å². The van der Waals surface area contributed by atoms with Crippen molar-refractivity contribution in [1.29, 1.82) is 0 Å². The summed E-state index contributed by atoms with van der Waals surface area (Å²) < 4.78 is 0. The van der Waals surface area contributed by atoms with Crippen molar-refractivity contribution in [2.45, 2.75) is 49.9 Å². The fraction of sp³-hybridized carbons (Fsp3) is 0.458. The van der Waals surface area contributed by atoms with Crippen LogP contribution >= 0.6 is 0 Å². The molecule has 1 saturated heterocycles. The Morgan fingerprint density at radius 2 is 1.73 bits per heavy atom. The fourth-order valence-electron chi connectivity index (χ4n) is 4.19. The normalized spacial score (nSPS) is 21.3. The minimum absolute atomic E-state index is 0.0118. The van der Waals surface area contributed by atoms with Crippen molar-refractivity contribution in [3.63, 3.8) is 0 Å². The molecule has 2 aromatic rings. The summed E-state index contributed by atoms with van der Waals surface area (Å²) >= 11 is 0. The third-order valence-corrected chi connectivity index (χ3v) is 5.83. The average molecular weight is 411 g/mol. The van der Waals surface area contributed by atoms with E-state index in [1.165, 1.54) is 5.56 Å². The Balaban J connectivity index is 1.45. The zero-order valence-corrected chi connectivity index (χ0v) is 17.5. The molecule has 1 heterocycles. The number of hydrogen-bond donors (Lipinski definition) is 4. The molecule has 0 bridgehead atoms. The maximum Gasteiger partial charge on any atom is 0.237 e. The third-order valence-electron chi connectivity index (χ3n) is 5.83. The van der Waals surface area contributed by atoms with E-state index in [1.807, 2.05) is 60.7 Å². The number of β-amino-alcohol motifs (C(OH)–C–C–N with tert-alkyl or cyclic N) is 1. The van der Waals surface area contributed by atoms with Crippen LogP contribution in [0.25, 0.3) is 0 Å². The molecule has 4 atom stereocenters. The smallest absolute Gasteiger partial charge is 0.237 e. The molecular formula is C24H34N4O2. The topological polar surface area (TPSA) is 105 Å². The first-order valence-corrected chi connectivity index (χ1v) is 10.8. The molecule has 6 heteroatoms. The summed E-state index contributed by atoms with van der Waals surface area (Å²) in [6.07, 6.45) is 2.32. The van der Waals surface area contributed by atoms with E-state index in [1.54, 1.807) is 0 Å². The van der Waals surface area contributed by atoms with Crippen LogP contribution in [-0.4, -0.2) is 59.8 Å². The summed E-state index contributed by atoms with van der Waals surface area (Å²) in [4.78, 5) is 14.7. The highest BCUT2D eigenvalue weighted by Gasteiger charge is 2.33. The third kappa shape index (κ3) is 6.64. The quantitative estimate of drug-likeness (QED) is 0.469. The van der Waals surface area contributed by atoms with Gasteiger partial charge >= 0.3 is 0 Å². The van der Waals surface area contributed by atoms with Gasteiger partial charge in [0, 0.05) is 31.7 Å². The zero-order valence-electron chi connectivity index (χ0n) is 17.5. The average Bonchev–Trinajstić information content (AvgIpc) is 3.14. The van der Waals surface area contributed by atoms with Gasteiger partial charge in [0.05, 0.1) is 12.1 Å². The van der Waals surface area contributed by atoms with Gasteiger partial charge in [0.15, 0.2) is 0 Å². The van der Waals surface area contributed by atoms with Gasteiger partial charge in [-0.15, -0.1) is 0 Å². The summed E-state index contributed by atoms with van der Waals surface area (Å²) in [6, 6.07) is 19.7. The molecule has 0 radical (unpaired) electrons. The molecule has 0 aliphatic carbocycles. The monoisotopic (exact) mass is 410 g/mol. The standard InChI is InChI=1S/C24H34N4O2/c25-15-21-14-20(16-28(21)17-22(29)13-19-9-5-2-6-10-19)27-24(30)23(26)12-11-18-7-3-1-4-8-18/h1-10,20-23,29H,11-17,25-26H2,(H,27,30)/t20-,21-,22?,23-/m0/s1. The summed E-state index contributed by atoms with van der Waals surface area (Å²) in [7, 11) is 0. The second-order valence-corrected chi connectivity index (χ2v) is 8.26. The maximum atomic E-state index is 12.6. The highest BCUT2D eigenvalue weighted by atomic mass is 16.3. The summed E-state index contributed by atoms with van der Waals surface area (Å²) in [5, 5.41) is 13.6. The van der Waals surface area contributed by atoms with E-state index in [0.717, 1.165) is 18.4 Å². The molecule has 0 aromatic heterocycles. The first kappa shape index (κ1) is 22.4. The Morgan fingerprint density at radius 3 is 2.37 bits per heavy atom. The number of rotatable bonds is 10. The number of carbonyl (C=O) groups is 1. The van der Waals surface area contributed by atoms with Crippen LogP contribution in [0.3, 0.4) is 0 Å². The number of amides is 1. The Labute approximate surface area is 179 Å². The number of aliphatic hydroxyl groups excluding tert-OH is 1. The van der Waals surface area contributed by atoms with Gasteiger partial charge in [-0.25, -0.2) is 0 Å². The molecule has 1 unspecified atom stereocenters. The van der Waals surface area contributed by atoms with Gasteiger partial charge in [0.1, 0.15) is 0 Å². The molecule has 1 aliphatic heterocycles. The van der Waals surface area contributed by atoms with Crippen molar-refractivity contribution in [3.05, 3.63) is 71.8 Å². The largest absolute Gasteiger partial charge is 0.391 e. The number of nitrogens with zero attached hydrogens (tertiary/aromatic N) is 1. The number of carbonyl (C=O) groups excluding carboxylic acids is 1. The van der Waals surface area contributed by atoms with E-state index in [0.29, 0.717) is 32.5 Å². The summed E-state index contributed by atoms with van der Waals surface area (Å²) in [5.41, 5.74) is 14.4. The Morgan fingerprint density at radius 1 is 1.10 bits per heavy atom. The van der Waals surface area contributed by atoms with Crippen LogP contribution in [0.15, 0.2) is 60.7 Å². The van der Waals surface area contributed by atoms with Gasteiger partial charge in [0.25, 0.3) is 0 Å². The van der Waals surface area contributed by atoms with Gasteiger partial charge < -0.3 is 21.9 Å². The van der Waals surface area contributed by atoms with E-state index in [2.05, 4.69) is 10.2 Å². The van der Waals surface area contributed by atoms with Crippen LogP contribution in [0.5, 0.6) is 0 Å². The molecule has 1 aliphatic rings. The predicted octanol–water partition coefficient (Wildman–Crippen LogP) is 1.07. The number of hydrogen-bond acceptors (Lipinski definition) is 5. The molecule has 30 heavy (non-hydrogen) atoms. The number of nitrogens with two attached hydrogens (primary N) is 2. The SMILES string of the molecule is NC[C@@H]1C[C@H](NC(=O)[C@@H](N)CCc2ccccc2)CN1CC(O)Cc1ccccc1. The Hall–Kier alpha value is -2.25. The summed E-state index contributed by atoms with van der Waals surface area (Å²) in [5.74, 6) is -0.113. The van der Waals surface area contributed by atoms with Gasteiger partial charge in [-0.2, -0.15) is 0 Å². The second-order valence-electron chi connectivity index (χ2n) is 8.26. The first-order valence-electron chi connectivity index (χ1n) is 10.8. The van der Waals surface area contributed by atoms with E-state index >= 15 is 0 Å².